The molecule has 0 fully saturated rings. The van der Waals surface area contributed by atoms with Gasteiger partial charge in [-0.25, -0.2) is 4.79 Å². The highest BCUT2D eigenvalue weighted by Gasteiger charge is 2.27. The first kappa shape index (κ1) is 20.9. The zero-order chi connectivity index (χ0) is 21.3. The molecule has 29 heavy (non-hydrogen) atoms. The van der Waals surface area contributed by atoms with Crippen LogP contribution in [-0.4, -0.2) is 43.9 Å². The first-order chi connectivity index (χ1) is 13.7. The summed E-state index contributed by atoms with van der Waals surface area (Å²) in [5, 5.41) is 8.65. The largest absolute Gasteiger partial charge is 0.465 e. The minimum Gasteiger partial charge on any atom is -0.465 e. The number of benzene rings is 1. The number of nitrogens with zero attached hydrogens (tertiary/aromatic N) is 3. The standard InChI is InChI=1S/C21H24N4O3S/c1-11-7-9-16(10-8-11)25-15(5)23-24-21(25)29-14(4)19(26)18-12(2)17(13(3)22-18)20(27)28-6/h7-10,14,22H,1-6H3/t14-/m1/s1. The van der Waals surface area contributed by atoms with Gasteiger partial charge >= 0.3 is 5.97 Å². The molecule has 1 atom stereocenters. The fourth-order valence-electron chi connectivity index (χ4n) is 3.23. The molecule has 2 aromatic heterocycles. The number of methoxy groups -OCH3 is 1. The molecule has 0 saturated heterocycles. The third-order valence-electron chi connectivity index (χ3n) is 4.81. The van der Waals surface area contributed by atoms with Crippen molar-refractivity contribution in [3.8, 4) is 5.69 Å². The number of carbonyl (C=O) groups excluding carboxylic acids is 2. The van der Waals surface area contributed by atoms with Crippen molar-refractivity contribution < 1.29 is 14.3 Å². The van der Waals surface area contributed by atoms with Gasteiger partial charge in [0.25, 0.3) is 0 Å². The second-order valence-electron chi connectivity index (χ2n) is 6.94. The second kappa shape index (κ2) is 8.24. The molecule has 7 nitrogen and oxygen atoms in total. The third-order valence-corrected chi connectivity index (χ3v) is 5.85. The van der Waals surface area contributed by atoms with E-state index in [1.807, 2.05) is 49.6 Å². The third kappa shape index (κ3) is 3.98. The zero-order valence-electron chi connectivity index (χ0n) is 17.4. The molecular formula is C21H24N4O3S. The number of aromatic nitrogens is 4. The van der Waals surface area contributed by atoms with Gasteiger partial charge in [-0.3, -0.25) is 9.36 Å². The highest BCUT2D eigenvalue weighted by atomic mass is 32.2. The molecule has 0 aliphatic carbocycles. The molecule has 1 N–H and O–H groups in total. The highest BCUT2D eigenvalue weighted by molar-refractivity contribution is 8.00. The molecule has 0 bridgehead atoms. The number of ketones is 1. The van der Waals surface area contributed by atoms with E-state index in [0.29, 0.717) is 27.7 Å². The monoisotopic (exact) mass is 412 g/mol. The maximum absolute atomic E-state index is 13.1. The van der Waals surface area contributed by atoms with Crippen molar-refractivity contribution in [2.24, 2.45) is 0 Å². The van der Waals surface area contributed by atoms with Gasteiger partial charge in [0.2, 0.25) is 0 Å². The molecule has 0 aliphatic rings. The summed E-state index contributed by atoms with van der Waals surface area (Å²) >= 11 is 1.33. The Bertz CT molecular complexity index is 1070. The Morgan fingerprint density at radius 2 is 1.76 bits per heavy atom. The Hall–Kier alpha value is -2.87. The SMILES string of the molecule is COC(=O)c1c(C)[nH]c(C(=O)[C@@H](C)Sc2nnc(C)n2-c2ccc(C)cc2)c1C. The van der Waals surface area contributed by atoms with E-state index in [-0.39, 0.29) is 5.78 Å². The number of thioether (sulfide) groups is 1. The van der Waals surface area contributed by atoms with Crippen molar-refractivity contribution in [3.63, 3.8) is 0 Å². The predicted octanol–water partition coefficient (Wildman–Crippen LogP) is 3.98. The lowest BCUT2D eigenvalue weighted by molar-refractivity contribution is 0.0599. The van der Waals surface area contributed by atoms with Crippen molar-refractivity contribution in [3.05, 3.63) is 58.2 Å². The van der Waals surface area contributed by atoms with E-state index < -0.39 is 11.2 Å². The van der Waals surface area contributed by atoms with Crippen molar-refractivity contribution >= 4 is 23.5 Å². The smallest absolute Gasteiger partial charge is 0.339 e. The molecule has 1 aromatic carbocycles. The van der Waals surface area contributed by atoms with E-state index >= 15 is 0 Å². The van der Waals surface area contributed by atoms with Crippen LogP contribution in [0.3, 0.4) is 0 Å². The highest BCUT2D eigenvalue weighted by Crippen LogP contribution is 2.29. The summed E-state index contributed by atoms with van der Waals surface area (Å²) < 4.78 is 6.76. The van der Waals surface area contributed by atoms with Crippen LogP contribution in [0.15, 0.2) is 29.4 Å². The summed E-state index contributed by atoms with van der Waals surface area (Å²) in [7, 11) is 1.33. The molecule has 0 aliphatic heterocycles. The number of rotatable bonds is 6. The summed E-state index contributed by atoms with van der Waals surface area (Å²) in [5.74, 6) is 0.183. The van der Waals surface area contributed by atoms with Gasteiger partial charge in [-0.1, -0.05) is 29.5 Å². The van der Waals surface area contributed by atoms with Crippen LogP contribution in [0.2, 0.25) is 0 Å². The summed E-state index contributed by atoms with van der Waals surface area (Å²) in [6.07, 6.45) is 0. The first-order valence-electron chi connectivity index (χ1n) is 9.22. The summed E-state index contributed by atoms with van der Waals surface area (Å²) in [6, 6.07) is 8.06. The molecule has 152 valence electrons. The van der Waals surface area contributed by atoms with E-state index in [1.165, 1.54) is 18.9 Å². The van der Waals surface area contributed by atoms with Gasteiger partial charge in [-0.05, 0) is 52.3 Å². The molecule has 2 heterocycles. The van der Waals surface area contributed by atoms with Gasteiger partial charge in [0.1, 0.15) is 5.82 Å². The van der Waals surface area contributed by atoms with Crippen LogP contribution in [0.5, 0.6) is 0 Å². The number of hydrogen-bond donors (Lipinski definition) is 1. The number of H-pyrrole nitrogens is 1. The normalized spacial score (nSPS) is 12.1. The molecule has 3 aromatic rings. The number of hydrogen-bond acceptors (Lipinski definition) is 6. The average Bonchev–Trinajstić information content (AvgIpc) is 3.20. The Balaban J connectivity index is 1.88. The Labute approximate surface area is 173 Å². The molecular weight excluding hydrogens is 388 g/mol. The fourth-order valence-corrected chi connectivity index (χ4v) is 4.20. The van der Waals surface area contributed by atoms with E-state index in [0.717, 1.165) is 17.1 Å². The van der Waals surface area contributed by atoms with Crippen molar-refractivity contribution in [1.82, 2.24) is 19.7 Å². The lowest BCUT2D eigenvalue weighted by atomic mass is 10.1. The Kier molecular flexibility index (Phi) is 5.93. The average molecular weight is 413 g/mol. The van der Waals surface area contributed by atoms with Crippen molar-refractivity contribution in [2.45, 2.75) is 45.0 Å². The van der Waals surface area contributed by atoms with Gasteiger partial charge in [-0.15, -0.1) is 10.2 Å². The lowest BCUT2D eigenvalue weighted by Crippen LogP contribution is -2.16. The number of ether oxygens (including phenoxy) is 1. The maximum Gasteiger partial charge on any atom is 0.339 e. The Morgan fingerprint density at radius 1 is 1.10 bits per heavy atom. The topological polar surface area (TPSA) is 89.9 Å². The van der Waals surface area contributed by atoms with Crippen LogP contribution in [0.25, 0.3) is 5.69 Å². The van der Waals surface area contributed by atoms with E-state index in [4.69, 9.17) is 4.74 Å². The van der Waals surface area contributed by atoms with Crippen LogP contribution in [0.1, 0.15) is 50.4 Å². The fraction of sp³-hybridized carbons (Fsp3) is 0.333. The van der Waals surface area contributed by atoms with Crippen molar-refractivity contribution in [2.75, 3.05) is 7.11 Å². The number of carbonyl (C=O) groups is 2. The van der Waals surface area contributed by atoms with Crippen LogP contribution in [0.4, 0.5) is 0 Å². The molecule has 0 unspecified atom stereocenters. The summed E-state index contributed by atoms with van der Waals surface area (Å²) in [6.45, 7) is 9.24. The number of Topliss-reactive ketones (excluding diaryl/α,β-unsaturated/α-hetero) is 1. The lowest BCUT2D eigenvalue weighted by Gasteiger charge is -2.12. The molecule has 0 radical (unpaired) electrons. The van der Waals surface area contributed by atoms with Gasteiger partial charge in [0.05, 0.1) is 23.6 Å². The van der Waals surface area contributed by atoms with E-state index in [9.17, 15) is 9.59 Å². The van der Waals surface area contributed by atoms with Gasteiger partial charge in [0, 0.05) is 11.4 Å². The summed E-state index contributed by atoms with van der Waals surface area (Å²) in [5.41, 5.74) is 4.15. The predicted molar refractivity (Wildman–Crippen MR) is 112 cm³/mol. The number of nitrogens with one attached hydrogen (secondary N) is 1. The van der Waals surface area contributed by atoms with Crippen molar-refractivity contribution in [1.29, 1.82) is 0 Å². The van der Waals surface area contributed by atoms with Crippen LogP contribution in [-0.2, 0) is 4.74 Å². The number of esters is 1. The van der Waals surface area contributed by atoms with Crippen LogP contribution in [0, 0.1) is 27.7 Å². The van der Waals surface area contributed by atoms with Crippen LogP contribution >= 0.6 is 11.8 Å². The van der Waals surface area contributed by atoms with Crippen LogP contribution < -0.4 is 0 Å². The van der Waals surface area contributed by atoms with Gasteiger partial charge < -0.3 is 9.72 Å². The number of aryl methyl sites for hydroxylation is 3. The quantitative estimate of drug-likeness (QED) is 0.374. The zero-order valence-corrected chi connectivity index (χ0v) is 18.2. The molecule has 3 rings (SSSR count). The molecule has 0 spiro atoms. The second-order valence-corrected chi connectivity index (χ2v) is 8.25. The minimum absolute atomic E-state index is 0.109. The van der Waals surface area contributed by atoms with E-state index in [2.05, 4.69) is 15.2 Å². The van der Waals surface area contributed by atoms with E-state index in [1.54, 1.807) is 13.8 Å². The molecule has 8 heteroatoms. The number of aromatic amines is 1. The maximum atomic E-state index is 13.1. The minimum atomic E-state index is -0.453. The Morgan fingerprint density at radius 3 is 2.38 bits per heavy atom. The molecule has 0 amide bonds. The van der Waals surface area contributed by atoms with Gasteiger partial charge in [0.15, 0.2) is 10.9 Å². The van der Waals surface area contributed by atoms with Gasteiger partial charge in [-0.2, -0.15) is 0 Å². The molecule has 0 saturated carbocycles. The first-order valence-corrected chi connectivity index (χ1v) is 10.1. The summed E-state index contributed by atoms with van der Waals surface area (Å²) in [4.78, 5) is 28.1.